The van der Waals surface area contributed by atoms with Crippen LogP contribution in [0, 0.1) is 5.82 Å². The molecule has 178 valence electrons. The summed E-state index contributed by atoms with van der Waals surface area (Å²) in [6, 6.07) is 20.8. The molecule has 3 aromatic carbocycles. The molecule has 1 amide bonds. The zero-order valence-electron chi connectivity index (χ0n) is 18.6. The third-order valence-electron chi connectivity index (χ3n) is 5.95. The molecule has 4 rings (SSSR count). The highest BCUT2D eigenvalue weighted by Gasteiger charge is 2.29. The van der Waals surface area contributed by atoms with Gasteiger partial charge in [0.05, 0.1) is 0 Å². The van der Waals surface area contributed by atoms with Crippen molar-refractivity contribution in [2.45, 2.75) is 18.4 Å². The summed E-state index contributed by atoms with van der Waals surface area (Å²) in [7, 11) is 1.78. The maximum Gasteiger partial charge on any atom is 0.407 e. The first kappa shape index (κ1) is 25.1. The van der Waals surface area contributed by atoms with Crippen molar-refractivity contribution in [2.24, 2.45) is 0 Å². The van der Waals surface area contributed by atoms with Crippen LogP contribution in [-0.4, -0.2) is 43.4 Å². The van der Waals surface area contributed by atoms with Crippen LogP contribution in [-0.2, 0) is 9.53 Å². The predicted molar refractivity (Wildman–Crippen MR) is 131 cm³/mol. The lowest BCUT2D eigenvalue weighted by molar-refractivity contribution is -0.139. The van der Waals surface area contributed by atoms with Gasteiger partial charge in [0.1, 0.15) is 18.5 Å². The maximum absolute atomic E-state index is 13.1. The third-order valence-corrected chi connectivity index (χ3v) is 5.95. The van der Waals surface area contributed by atoms with E-state index in [9.17, 15) is 19.1 Å². The fourth-order valence-electron chi connectivity index (χ4n) is 4.19. The topological polar surface area (TPSA) is 78.9 Å². The van der Waals surface area contributed by atoms with Gasteiger partial charge >= 0.3 is 12.1 Å². The lowest BCUT2D eigenvalue weighted by Gasteiger charge is -2.22. The number of alkyl carbamates (subject to hydrolysis) is 1. The summed E-state index contributed by atoms with van der Waals surface area (Å²) in [5, 5.41) is 12.0. The minimum Gasteiger partial charge on any atom is -0.480 e. The van der Waals surface area contributed by atoms with Crippen LogP contribution in [0.25, 0.3) is 11.1 Å². The van der Waals surface area contributed by atoms with Gasteiger partial charge in [0.15, 0.2) is 0 Å². The van der Waals surface area contributed by atoms with Crippen LogP contribution in [0.15, 0.2) is 72.8 Å². The van der Waals surface area contributed by atoms with Crippen molar-refractivity contribution in [3.8, 4) is 11.1 Å². The van der Waals surface area contributed by atoms with Gasteiger partial charge in [0.25, 0.3) is 0 Å². The Labute approximate surface area is 203 Å². The van der Waals surface area contributed by atoms with E-state index in [1.165, 1.54) is 12.1 Å². The number of carboxylic acids is 1. The number of rotatable bonds is 8. The number of aliphatic carboxylic acids is 1. The molecule has 0 spiro atoms. The largest absolute Gasteiger partial charge is 0.480 e. The van der Waals surface area contributed by atoms with E-state index in [1.807, 2.05) is 48.5 Å². The van der Waals surface area contributed by atoms with Gasteiger partial charge in [0, 0.05) is 25.2 Å². The molecule has 0 fully saturated rings. The van der Waals surface area contributed by atoms with Crippen LogP contribution < -0.4 is 10.2 Å². The van der Waals surface area contributed by atoms with E-state index >= 15 is 0 Å². The molecule has 1 atom stereocenters. The number of halogens is 2. The van der Waals surface area contributed by atoms with Crippen molar-refractivity contribution in [1.29, 1.82) is 0 Å². The molecule has 0 aliphatic heterocycles. The third kappa shape index (κ3) is 5.48. The van der Waals surface area contributed by atoms with Gasteiger partial charge in [-0.05, 0) is 52.9 Å². The second-order valence-electron chi connectivity index (χ2n) is 8.05. The van der Waals surface area contributed by atoms with Gasteiger partial charge in [-0.15, -0.1) is 12.4 Å². The van der Waals surface area contributed by atoms with Crippen LogP contribution in [0.4, 0.5) is 14.9 Å². The van der Waals surface area contributed by atoms with Crippen molar-refractivity contribution in [3.63, 3.8) is 0 Å². The molecular weight excluding hydrogens is 459 g/mol. The molecule has 0 unspecified atom stereocenters. The molecule has 3 aromatic rings. The van der Waals surface area contributed by atoms with E-state index in [0.717, 1.165) is 27.9 Å². The highest BCUT2D eigenvalue weighted by Crippen LogP contribution is 2.44. The van der Waals surface area contributed by atoms with Crippen LogP contribution in [0.2, 0.25) is 0 Å². The molecule has 0 heterocycles. The molecule has 2 N–H and O–H groups in total. The molecule has 8 heteroatoms. The molecule has 0 aromatic heterocycles. The standard InChI is InChI=1S/C26H25FN2O4.ClH/c1-29(18-12-10-17(27)11-13-18)15-14-24(25(30)31)28-26(32)33-16-23-21-8-4-2-6-19(21)20-7-3-5-9-22(20)23;/h2-13,23-24H,14-16H2,1H3,(H,28,32)(H,30,31);1H/t24-;/m0./s1. The van der Waals surface area contributed by atoms with Gasteiger partial charge in [-0.3, -0.25) is 0 Å². The minimum atomic E-state index is -1.14. The number of carboxylic acid groups (broad SMARTS) is 1. The first-order valence-electron chi connectivity index (χ1n) is 10.7. The van der Waals surface area contributed by atoms with Crippen molar-refractivity contribution in [1.82, 2.24) is 5.32 Å². The SMILES string of the molecule is CN(CC[C@H](NC(=O)OCC1c2ccccc2-c2ccccc21)C(=O)O)c1ccc(F)cc1.Cl. The van der Waals surface area contributed by atoms with Crippen LogP contribution in [0.3, 0.4) is 0 Å². The molecule has 34 heavy (non-hydrogen) atoms. The Morgan fingerprint density at radius 3 is 2.12 bits per heavy atom. The number of hydrogen-bond acceptors (Lipinski definition) is 4. The average molecular weight is 485 g/mol. The van der Waals surface area contributed by atoms with E-state index in [-0.39, 0.29) is 37.2 Å². The summed E-state index contributed by atoms with van der Waals surface area (Å²) in [5.41, 5.74) is 5.16. The normalized spacial score (nSPS) is 12.6. The number of nitrogens with zero attached hydrogens (tertiary/aromatic N) is 1. The highest BCUT2D eigenvalue weighted by atomic mass is 35.5. The van der Waals surface area contributed by atoms with Crippen molar-refractivity contribution < 1.29 is 23.8 Å². The highest BCUT2D eigenvalue weighted by molar-refractivity contribution is 5.85. The number of carbonyl (C=O) groups excluding carboxylic acids is 1. The fourth-order valence-corrected chi connectivity index (χ4v) is 4.19. The zero-order chi connectivity index (χ0) is 23.4. The number of anilines is 1. The van der Waals surface area contributed by atoms with Gasteiger partial charge < -0.3 is 20.1 Å². The summed E-state index contributed by atoms with van der Waals surface area (Å²) < 4.78 is 18.6. The number of ether oxygens (including phenoxy) is 1. The van der Waals surface area contributed by atoms with E-state index in [4.69, 9.17) is 4.74 Å². The van der Waals surface area contributed by atoms with Crippen LogP contribution >= 0.6 is 12.4 Å². The fraction of sp³-hybridized carbons (Fsp3) is 0.231. The quantitative estimate of drug-likeness (QED) is 0.467. The van der Waals surface area contributed by atoms with E-state index in [2.05, 4.69) is 5.32 Å². The second-order valence-corrected chi connectivity index (χ2v) is 8.05. The summed E-state index contributed by atoms with van der Waals surface area (Å²) in [5.74, 6) is -1.58. The molecule has 0 radical (unpaired) electrons. The summed E-state index contributed by atoms with van der Waals surface area (Å²) in [4.78, 5) is 25.9. The zero-order valence-corrected chi connectivity index (χ0v) is 19.4. The van der Waals surface area contributed by atoms with Crippen molar-refractivity contribution in [2.75, 3.05) is 25.1 Å². The van der Waals surface area contributed by atoms with Gasteiger partial charge in [-0.2, -0.15) is 0 Å². The number of hydrogen-bond donors (Lipinski definition) is 2. The molecular formula is C26H26ClFN2O4. The Kier molecular flexibility index (Phi) is 8.12. The Morgan fingerprint density at radius 2 is 1.56 bits per heavy atom. The lowest BCUT2D eigenvalue weighted by Crippen LogP contribution is -2.43. The average Bonchev–Trinajstić information content (AvgIpc) is 3.14. The number of carbonyl (C=O) groups is 2. The smallest absolute Gasteiger partial charge is 0.407 e. The lowest BCUT2D eigenvalue weighted by atomic mass is 9.98. The monoisotopic (exact) mass is 484 g/mol. The van der Waals surface area contributed by atoms with E-state index in [1.54, 1.807) is 24.1 Å². The summed E-state index contributed by atoms with van der Waals surface area (Å²) in [6.07, 6.45) is -0.610. The molecule has 6 nitrogen and oxygen atoms in total. The first-order valence-corrected chi connectivity index (χ1v) is 10.7. The molecule has 0 saturated heterocycles. The number of benzene rings is 3. The van der Waals surface area contributed by atoms with E-state index < -0.39 is 18.1 Å². The van der Waals surface area contributed by atoms with Crippen LogP contribution in [0.1, 0.15) is 23.5 Å². The van der Waals surface area contributed by atoms with Crippen molar-refractivity contribution in [3.05, 3.63) is 89.7 Å². The van der Waals surface area contributed by atoms with E-state index in [0.29, 0.717) is 6.54 Å². The molecule has 0 saturated carbocycles. The molecule has 1 aliphatic rings. The summed E-state index contributed by atoms with van der Waals surface area (Å²) >= 11 is 0. The number of amides is 1. The number of nitrogens with one attached hydrogen (secondary N) is 1. The Morgan fingerprint density at radius 1 is 1.00 bits per heavy atom. The van der Waals surface area contributed by atoms with Crippen molar-refractivity contribution >= 4 is 30.2 Å². The maximum atomic E-state index is 13.1. The molecule has 1 aliphatic carbocycles. The Balaban J connectivity index is 0.00000324. The van der Waals surface area contributed by atoms with Crippen LogP contribution in [0.5, 0.6) is 0 Å². The second kappa shape index (κ2) is 11.0. The first-order chi connectivity index (χ1) is 15.9. The van der Waals surface area contributed by atoms with Gasteiger partial charge in [-0.25, -0.2) is 14.0 Å². The Hall–Kier alpha value is -3.58. The predicted octanol–water partition coefficient (Wildman–Crippen LogP) is 5.07. The van der Waals surface area contributed by atoms with Gasteiger partial charge in [0.2, 0.25) is 0 Å². The Bertz CT molecular complexity index is 1110. The minimum absolute atomic E-state index is 0. The summed E-state index contributed by atoms with van der Waals surface area (Å²) in [6.45, 7) is 0.466. The number of fused-ring (bicyclic) bond motifs is 3. The molecule has 0 bridgehead atoms. The van der Waals surface area contributed by atoms with Gasteiger partial charge in [-0.1, -0.05) is 48.5 Å².